The average molecular weight is 299 g/mol. The summed E-state index contributed by atoms with van der Waals surface area (Å²) in [7, 11) is 0. The molecule has 1 atom stereocenters. The first-order chi connectivity index (χ1) is 9.54. The summed E-state index contributed by atoms with van der Waals surface area (Å²) in [6.45, 7) is 2.70. The quantitative estimate of drug-likeness (QED) is 0.924. The molecule has 1 fully saturated rings. The van der Waals surface area contributed by atoms with E-state index in [0.717, 1.165) is 0 Å². The van der Waals surface area contributed by atoms with Crippen LogP contribution in [0.2, 0.25) is 5.02 Å². The molecule has 0 bridgehead atoms. The number of carbonyl (C=O) groups is 2. The fourth-order valence-electron chi connectivity index (χ4n) is 2.37. The zero-order chi connectivity index (χ0) is 14.7. The number of halogens is 2. The molecule has 0 radical (unpaired) electrons. The highest BCUT2D eigenvalue weighted by molar-refractivity contribution is 6.31. The van der Waals surface area contributed by atoms with Gasteiger partial charge in [-0.15, -0.1) is 0 Å². The molecule has 6 heteroatoms. The molecule has 4 nitrogen and oxygen atoms in total. The topological polar surface area (TPSA) is 49.4 Å². The molecule has 1 aliphatic rings. The Hall–Kier alpha value is -1.62. The monoisotopic (exact) mass is 298 g/mol. The van der Waals surface area contributed by atoms with Crippen LogP contribution in [0.15, 0.2) is 18.2 Å². The van der Waals surface area contributed by atoms with Gasteiger partial charge in [-0.3, -0.25) is 9.59 Å². The van der Waals surface area contributed by atoms with Crippen LogP contribution in [0, 0.1) is 5.82 Å². The number of nitrogens with zero attached hydrogens (tertiary/aromatic N) is 1. The molecule has 20 heavy (non-hydrogen) atoms. The van der Waals surface area contributed by atoms with Crippen molar-refractivity contribution >= 4 is 23.4 Å². The van der Waals surface area contributed by atoms with Crippen molar-refractivity contribution in [3.05, 3.63) is 34.6 Å². The molecule has 1 heterocycles. The molecule has 1 aromatic carbocycles. The molecular weight excluding hydrogens is 283 g/mol. The number of rotatable bonds is 3. The Bertz CT molecular complexity index is 516. The van der Waals surface area contributed by atoms with Crippen LogP contribution in [0.25, 0.3) is 0 Å². The zero-order valence-electron chi connectivity index (χ0n) is 11.2. The van der Waals surface area contributed by atoms with Gasteiger partial charge in [0.1, 0.15) is 11.9 Å². The van der Waals surface area contributed by atoms with Gasteiger partial charge in [-0.25, -0.2) is 4.39 Å². The maximum absolute atomic E-state index is 13.7. The lowest BCUT2D eigenvalue weighted by atomic mass is 10.1. The van der Waals surface area contributed by atoms with E-state index in [-0.39, 0.29) is 28.8 Å². The van der Waals surface area contributed by atoms with E-state index in [9.17, 15) is 14.0 Å². The fourth-order valence-corrected chi connectivity index (χ4v) is 2.60. The molecular formula is C14H16ClFN2O2. The second-order valence-electron chi connectivity index (χ2n) is 4.68. The van der Waals surface area contributed by atoms with Gasteiger partial charge in [-0.05, 0) is 18.6 Å². The maximum atomic E-state index is 13.7. The highest BCUT2D eigenvalue weighted by Crippen LogP contribution is 2.21. The Balaban J connectivity index is 2.17. The minimum Gasteiger partial charge on any atom is -0.353 e. The Morgan fingerprint density at radius 1 is 1.55 bits per heavy atom. The Labute approximate surface area is 121 Å². The number of piperazine rings is 1. The van der Waals surface area contributed by atoms with Crippen molar-refractivity contribution in [3.8, 4) is 0 Å². The number of hydrogen-bond acceptors (Lipinski definition) is 2. The molecule has 1 aromatic rings. The fraction of sp³-hybridized carbons (Fsp3) is 0.429. The van der Waals surface area contributed by atoms with Crippen LogP contribution in [-0.2, 0) is 16.0 Å². The minimum atomic E-state index is -0.500. The molecule has 1 aliphatic heterocycles. The lowest BCUT2D eigenvalue weighted by Gasteiger charge is -2.34. The molecule has 0 spiro atoms. The van der Waals surface area contributed by atoms with Crippen molar-refractivity contribution in [2.45, 2.75) is 25.8 Å². The van der Waals surface area contributed by atoms with E-state index >= 15 is 0 Å². The summed E-state index contributed by atoms with van der Waals surface area (Å²) < 4.78 is 13.7. The minimum absolute atomic E-state index is 0.130. The maximum Gasteiger partial charge on any atom is 0.242 e. The largest absolute Gasteiger partial charge is 0.353 e. The third kappa shape index (κ3) is 2.93. The van der Waals surface area contributed by atoms with Crippen molar-refractivity contribution in [2.24, 2.45) is 0 Å². The van der Waals surface area contributed by atoms with Crippen LogP contribution in [-0.4, -0.2) is 35.8 Å². The normalized spacial score (nSPS) is 18.9. The second kappa shape index (κ2) is 6.22. The van der Waals surface area contributed by atoms with E-state index < -0.39 is 11.9 Å². The van der Waals surface area contributed by atoms with Crippen molar-refractivity contribution in [1.29, 1.82) is 0 Å². The lowest BCUT2D eigenvalue weighted by Crippen LogP contribution is -2.57. The van der Waals surface area contributed by atoms with E-state index in [0.29, 0.717) is 19.5 Å². The summed E-state index contributed by atoms with van der Waals surface area (Å²) in [4.78, 5) is 25.5. The molecule has 1 N–H and O–H groups in total. The third-order valence-electron chi connectivity index (χ3n) is 3.43. The third-order valence-corrected chi connectivity index (χ3v) is 3.78. The molecule has 0 aromatic heterocycles. The highest BCUT2D eigenvalue weighted by atomic mass is 35.5. The van der Waals surface area contributed by atoms with Crippen LogP contribution in [0.3, 0.4) is 0 Å². The Morgan fingerprint density at radius 3 is 2.95 bits per heavy atom. The van der Waals surface area contributed by atoms with E-state index in [1.54, 1.807) is 6.07 Å². The average Bonchev–Trinajstić information content (AvgIpc) is 2.42. The summed E-state index contributed by atoms with van der Waals surface area (Å²) in [6, 6.07) is 3.83. The molecule has 108 valence electrons. The summed E-state index contributed by atoms with van der Waals surface area (Å²) >= 11 is 5.92. The smallest absolute Gasteiger partial charge is 0.242 e. The van der Waals surface area contributed by atoms with Gasteiger partial charge < -0.3 is 10.2 Å². The van der Waals surface area contributed by atoms with Crippen molar-refractivity contribution in [2.75, 3.05) is 13.1 Å². The van der Waals surface area contributed by atoms with Crippen LogP contribution in [0.5, 0.6) is 0 Å². The summed E-state index contributed by atoms with van der Waals surface area (Å²) in [5, 5.41) is 2.95. The van der Waals surface area contributed by atoms with Gasteiger partial charge in [-0.2, -0.15) is 0 Å². The summed E-state index contributed by atoms with van der Waals surface area (Å²) in [5.74, 6) is -0.939. The number of hydrogen-bond donors (Lipinski definition) is 1. The standard InChI is InChI=1S/C14H16ClFN2O2/c1-2-12-14(20)17-6-7-18(12)13(19)8-9-10(15)4-3-5-11(9)16/h3-5,12H,2,6-8H2,1H3,(H,17,20). The first-order valence-electron chi connectivity index (χ1n) is 6.54. The van der Waals surface area contributed by atoms with Gasteiger partial charge in [0.25, 0.3) is 0 Å². The molecule has 1 saturated heterocycles. The van der Waals surface area contributed by atoms with Gasteiger partial charge in [-0.1, -0.05) is 24.6 Å². The zero-order valence-corrected chi connectivity index (χ0v) is 11.9. The van der Waals surface area contributed by atoms with Gasteiger partial charge in [0, 0.05) is 23.7 Å². The summed E-state index contributed by atoms with van der Waals surface area (Å²) in [5.41, 5.74) is 0.181. The number of benzene rings is 1. The van der Waals surface area contributed by atoms with Crippen molar-refractivity contribution < 1.29 is 14.0 Å². The van der Waals surface area contributed by atoms with E-state index in [1.807, 2.05) is 6.92 Å². The number of amides is 2. The first kappa shape index (κ1) is 14.8. The van der Waals surface area contributed by atoms with E-state index in [2.05, 4.69) is 5.32 Å². The lowest BCUT2D eigenvalue weighted by molar-refractivity contribution is -0.142. The number of nitrogens with one attached hydrogen (secondary N) is 1. The predicted molar refractivity (Wildman–Crippen MR) is 73.9 cm³/mol. The Kier molecular flexibility index (Phi) is 4.60. The first-order valence-corrected chi connectivity index (χ1v) is 6.92. The highest BCUT2D eigenvalue weighted by Gasteiger charge is 2.31. The predicted octanol–water partition coefficient (Wildman–Crippen LogP) is 1.76. The molecule has 2 rings (SSSR count). The second-order valence-corrected chi connectivity index (χ2v) is 5.09. The van der Waals surface area contributed by atoms with Crippen molar-refractivity contribution in [1.82, 2.24) is 10.2 Å². The van der Waals surface area contributed by atoms with Gasteiger partial charge in [0.05, 0.1) is 6.42 Å². The Morgan fingerprint density at radius 2 is 2.30 bits per heavy atom. The van der Waals surface area contributed by atoms with E-state index in [1.165, 1.54) is 17.0 Å². The van der Waals surface area contributed by atoms with Gasteiger partial charge >= 0.3 is 0 Å². The van der Waals surface area contributed by atoms with Gasteiger partial charge in [0.2, 0.25) is 11.8 Å². The van der Waals surface area contributed by atoms with Crippen LogP contribution < -0.4 is 5.32 Å². The van der Waals surface area contributed by atoms with Crippen LogP contribution in [0.4, 0.5) is 4.39 Å². The van der Waals surface area contributed by atoms with E-state index in [4.69, 9.17) is 11.6 Å². The molecule has 0 saturated carbocycles. The summed E-state index contributed by atoms with van der Waals surface area (Å²) in [6.07, 6.45) is 0.401. The molecule has 1 unspecified atom stereocenters. The number of carbonyl (C=O) groups excluding carboxylic acids is 2. The van der Waals surface area contributed by atoms with Gasteiger partial charge in [0.15, 0.2) is 0 Å². The van der Waals surface area contributed by atoms with Crippen LogP contribution >= 0.6 is 11.6 Å². The molecule has 2 amide bonds. The van der Waals surface area contributed by atoms with Crippen LogP contribution in [0.1, 0.15) is 18.9 Å². The SMILES string of the molecule is CCC1C(=O)NCCN1C(=O)Cc1c(F)cccc1Cl. The van der Waals surface area contributed by atoms with Crippen molar-refractivity contribution in [3.63, 3.8) is 0 Å². The molecule has 0 aliphatic carbocycles.